The molecule has 0 spiro atoms. The molecule has 1 aliphatic carbocycles. The van der Waals surface area contributed by atoms with Crippen LogP contribution < -0.4 is 5.32 Å². The van der Waals surface area contributed by atoms with E-state index in [9.17, 15) is 9.18 Å². The van der Waals surface area contributed by atoms with Crippen LogP contribution in [0, 0.1) is 11.2 Å². The van der Waals surface area contributed by atoms with Gasteiger partial charge in [-0.2, -0.15) is 0 Å². The zero-order valence-corrected chi connectivity index (χ0v) is 14.1. The first-order chi connectivity index (χ1) is 10.3. The highest BCUT2D eigenvalue weighted by Crippen LogP contribution is 2.64. The molecule has 1 aromatic carbocycles. The van der Waals surface area contributed by atoms with Gasteiger partial charge in [-0.3, -0.25) is 4.79 Å². The van der Waals surface area contributed by atoms with Crippen LogP contribution in [-0.2, 0) is 4.79 Å². The fourth-order valence-electron chi connectivity index (χ4n) is 2.37. The third-order valence-electron chi connectivity index (χ3n) is 4.07. The summed E-state index contributed by atoms with van der Waals surface area (Å²) in [7, 11) is 0. The summed E-state index contributed by atoms with van der Waals surface area (Å²) in [5.74, 6) is -0.505. The molecule has 3 rings (SSSR count). The third kappa shape index (κ3) is 2.75. The predicted molar refractivity (Wildman–Crippen MR) is 87.9 cm³/mol. The Balaban J connectivity index is 1.87. The van der Waals surface area contributed by atoms with Gasteiger partial charge in [0.15, 0.2) is 0 Å². The molecule has 1 amide bonds. The normalized spacial score (nSPS) is 23.8. The van der Waals surface area contributed by atoms with E-state index < -0.39 is 9.75 Å². The molecule has 1 aromatic heterocycles. The van der Waals surface area contributed by atoms with Gasteiger partial charge in [0.1, 0.15) is 10.2 Å². The number of rotatable bonds is 4. The number of carbonyl (C=O) groups is 1. The molecule has 2 atom stereocenters. The maximum Gasteiger partial charge on any atom is 0.229 e. The average Bonchev–Trinajstić information content (AvgIpc) is 2.85. The minimum atomic E-state index is -1.01. The van der Waals surface area contributed by atoms with Gasteiger partial charge in [-0.25, -0.2) is 4.39 Å². The second-order valence-electron chi connectivity index (χ2n) is 5.69. The molecular formula is C16H14Cl2FNOS. The van der Waals surface area contributed by atoms with E-state index >= 15 is 0 Å². The Kier molecular flexibility index (Phi) is 3.96. The fourth-order valence-corrected chi connectivity index (χ4v) is 3.87. The summed E-state index contributed by atoms with van der Waals surface area (Å²) >= 11 is 13.7. The maximum atomic E-state index is 13.1. The lowest BCUT2D eigenvalue weighted by Crippen LogP contribution is -2.36. The zero-order chi connectivity index (χ0) is 16.0. The molecule has 0 aliphatic heterocycles. The van der Waals surface area contributed by atoms with Crippen molar-refractivity contribution in [3.05, 3.63) is 58.0 Å². The van der Waals surface area contributed by atoms with Crippen molar-refractivity contribution in [2.75, 3.05) is 0 Å². The number of carbonyl (C=O) groups excluding carboxylic acids is 1. The highest BCUT2D eigenvalue weighted by Gasteiger charge is 2.68. The Bertz CT molecular complexity index is 687. The van der Waals surface area contributed by atoms with E-state index in [-0.39, 0.29) is 17.8 Å². The molecule has 1 fully saturated rings. The summed E-state index contributed by atoms with van der Waals surface area (Å²) in [6, 6.07) is 9.61. The maximum absolute atomic E-state index is 13.1. The molecule has 0 saturated heterocycles. The Morgan fingerprint density at radius 3 is 2.45 bits per heavy atom. The molecular weight excluding hydrogens is 344 g/mol. The molecule has 1 saturated carbocycles. The SMILES string of the molecule is C[C@]1(C(=O)N[C@@H](c2ccc(F)cc2)c2cccs2)CC1(Cl)Cl. The van der Waals surface area contributed by atoms with Crippen molar-refractivity contribution < 1.29 is 9.18 Å². The third-order valence-corrected chi connectivity index (χ3v) is 6.10. The molecule has 22 heavy (non-hydrogen) atoms. The lowest BCUT2D eigenvalue weighted by Gasteiger charge is -2.21. The standard InChI is InChI=1S/C16H14Cl2FNOS/c1-15(9-16(15,17)18)14(21)20-13(12-3-2-8-22-12)10-4-6-11(19)7-5-10/h2-8,13H,9H2,1H3,(H,20,21)/t13-,15+/m0/s1. The van der Waals surface area contributed by atoms with Crippen LogP contribution in [0.1, 0.15) is 29.8 Å². The van der Waals surface area contributed by atoms with Crippen LogP contribution >= 0.6 is 34.5 Å². The predicted octanol–water partition coefficient (Wildman–Crippen LogP) is 4.68. The van der Waals surface area contributed by atoms with Crippen molar-refractivity contribution in [3.63, 3.8) is 0 Å². The highest BCUT2D eigenvalue weighted by atomic mass is 35.5. The molecule has 116 valence electrons. The van der Waals surface area contributed by atoms with Gasteiger partial charge in [0.05, 0.1) is 11.5 Å². The van der Waals surface area contributed by atoms with Gasteiger partial charge in [0.25, 0.3) is 0 Å². The molecule has 0 bridgehead atoms. The van der Waals surface area contributed by atoms with Crippen molar-refractivity contribution in [2.24, 2.45) is 5.41 Å². The van der Waals surface area contributed by atoms with Gasteiger partial charge in [-0.15, -0.1) is 34.5 Å². The summed E-state index contributed by atoms with van der Waals surface area (Å²) in [6.07, 6.45) is 0.426. The fraction of sp³-hybridized carbons (Fsp3) is 0.312. The van der Waals surface area contributed by atoms with Gasteiger partial charge >= 0.3 is 0 Å². The van der Waals surface area contributed by atoms with Crippen LogP contribution in [0.15, 0.2) is 41.8 Å². The number of alkyl halides is 2. The first-order valence-electron chi connectivity index (χ1n) is 6.81. The van der Waals surface area contributed by atoms with E-state index in [0.717, 1.165) is 10.4 Å². The first-order valence-corrected chi connectivity index (χ1v) is 8.45. The van der Waals surface area contributed by atoms with Crippen molar-refractivity contribution in [1.29, 1.82) is 0 Å². The van der Waals surface area contributed by atoms with Crippen molar-refractivity contribution in [3.8, 4) is 0 Å². The molecule has 1 aliphatic rings. The summed E-state index contributed by atoms with van der Waals surface area (Å²) in [5, 5.41) is 4.93. The van der Waals surface area contributed by atoms with Gasteiger partial charge in [0, 0.05) is 4.88 Å². The van der Waals surface area contributed by atoms with Gasteiger partial charge < -0.3 is 5.32 Å². The van der Waals surface area contributed by atoms with Crippen LogP contribution in [0.5, 0.6) is 0 Å². The lowest BCUT2D eigenvalue weighted by molar-refractivity contribution is -0.126. The number of nitrogens with one attached hydrogen (secondary N) is 1. The summed E-state index contributed by atoms with van der Waals surface area (Å²) in [6.45, 7) is 1.75. The molecule has 1 N–H and O–H groups in total. The van der Waals surface area contributed by atoms with E-state index in [1.54, 1.807) is 19.1 Å². The zero-order valence-electron chi connectivity index (χ0n) is 11.8. The summed E-state index contributed by atoms with van der Waals surface area (Å²) in [4.78, 5) is 13.5. The van der Waals surface area contributed by atoms with E-state index in [1.165, 1.54) is 23.5 Å². The Labute approximate surface area is 142 Å². The van der Waals surface area contributed by atoms with Crippen LogP contribution in [0.4, 0.5) is 4.39 Å². The summed E-state index contributed by atoms with van der Waals surface area (Å²) < 4.78 is 12.1. The van der Waals surface area contributed by atoms with Crippen molar-refractivity contribution >= 4 is 40.4 Å². The quantitative estimate of drug-likeness (QED) is 0.791. The van der Waals surface area contributed by atoms with E-state index in [4.69, 9.17) is 23.2 Å². The van der Waals surface area contributed by atoms with Crippen molar-refractivity contribution in [1.82, 2.24) is 5.32 Å². The van der Waals surface area contributed by atoms with Gasteiger partial charge in [-0.05, 0) is 42.5 Å². The van der Waals surface area contributed by atoms with Gasteiger partial charge in [0.2, 0.25) is 5.91 Å². The van der Waals surface area contributed by atoms with E-state index in [0.29, 0.717) is 6.42 Å². The number of halogens is 3. The molecule has 1 heterocycles. The number of benzene rings is 1. The van der Waals surface area contributed by atoms with Crippen LogP contribution in [0.3, 0.4) is 0 Å². The van der Waals surface area contributed by atoms with Crippen LogP contribution in [0.25, 0.3) is 0 Å². The number of amides is 1. The largest absolute Gasteiger partial charge is 0.344 e. The van der Waals surface area contributed by atoms with E-state index in [1.807, 2.05) is 17.5 Å². The minimum Gasteiger partial charge on any atom is -0.344 e. The minimum absolute atomic E-state index is 0.194. The summed E-state index contributed by atoms with van der Waals surface area (Å²) in [5.41, 5.74) is 0.0299. The second kappa shape index (κ2) is 5.52. The second-order valence-corrected chi connectivity index (χ2v) is 8.15. The first kappa shape index (κ1) is 15.8. The Morgan fingerprint density at radius 1 is 1.32 bits per heavy atom. The molecule has 2 nitrogen and oxygen atoms in total. The molecule has 0 radical (unpaired) electrons. The topological polar surface area (TPSA) is 29.1 Å². The van der Waals surface area contributed by atoms with Crippen LogP contribution in [-0.4, -0.2) is 10.2 Å². The van der Waals surface area contributed by atoms with Crippen LogP contribution in [0.2, 0.25) is 0 Å². The average molecular weight is 358 g/mol. The van der Waals surface area contributed by atoms with Gasteiger partial charge in [-0.1, -0.05) is 18.2 Å². The number of thiophene rings is 1. The molecule has 0 unspecified atom stereocenters. The Morgan fingerprint density at radius 2 is 1.95 bits per heavy atom. The number of hydrogen-bond donors (Lipinski definition) is 1. The Hall–Kier alpha value is -1.10. The highest BCUT2D eigenvalue weighted by molar-refractivity contribution is 7.10. The number of hydrogen-bond acceptors (Lipinski definition) is 2. The lowest BCUT2D eigenvalue weighted by atomic mass is 10.0. The van der Waals surface area contributed by atoms with E-state index in [2.05, 4.69) is 5.32 Å². The van der Waals surface area contributed by atoms with Crippen molar-refractivity contribution in [2.45, 2.75) is 23.7 Å². The smallest absolute Gasteiger partial charge is 0.229 e. The monoisotopic (exact) mass is 357 g/mol. The molecule has 2 aromatic rings. The molecule has 6 heteroatoms.